The molecule has 1 fully saturated rings. The maximum atomic E-state index is 13.6. The zero-order valence-corrected chi connectivity index (χ0v) is 23.6. The number of amides is 3. The van der Waals surface area contributed by atoms with Gasteiger partial charge in [0.05, 0.1) is 40.7 Å². The largest absolute Gasteiger partial charge is 0.497 e. The molecule has 0 bridgehead atoms. The van der Waals surface area contributed by atoms with Gasteiger partial charge in [-0.2, -0.15) is 0 Å². The zero-order chi connectivity index (χ0) is 27.8. The molecule has 9 nitrogen and oxygen atoms in total. The first kappa shape index (κ1) is 28.1. The van der Waals surface area contributed by atoms with Gasteiger partial charge in [-0.25, -0.2) is 4.79 Å². The van der Waals surface area contributed by atoms with E-state index in [4.69, 9.17) is 18.9 Å². The molecule has 39 heavy (non-hydrogen) atoms. The molecule has 3 aromatic rings. The van der Waals surface area contributed by atoms with Crippen LogP contribution in [0.25, 0.3) is 0 Å². The van der Waals surface area contributed by atoms with Gasteiger partial charge in [0, 0.05) is 23.5 Å². The van der Waals surface area contributed by atoms with Crippen LogP contribution in [0.15, 0.2) is 53.9 Å². The van der Waals surface area contributed by atoms with Crippen molar-refractivity contribution in [2.45, 2.75) is 31.8 Å². The second-order valence-electron chi connectivity index (χ2n) is 9.19. The number of ether oxygens (including phenoxy) is 4. The van der Waals surface area contributed by atoms with Gasteiger partial charge >= 0.3 is 6.03 Å². The number of urea groups is 1. The van der Waals surface area contributed by atoms with Gasteiger partial charge in [-0.15, -0.1) is 11.3 Å². The van der Waals surface area contributed by atoms with Gasteiger partial charge < -0.3 is 34.1 Å². The number of thiophene rings is 1. The normalized spacial score (nSPS) is 12.4. The highest BCUT2D eigenvalue weighted by atomic mass is 32.1. The highest BCUT2D eigenvalue weighted by molar-refractivity contribution is 7.09. The summed E-state index contributed by atoms with van der Waals surface area (Å²) >= 11 is 1.61. The summed E-state index contributed by atoms with van der Waals surface area (Å²) in [7, 11) is 6.31. The molecule has 1 aliphatic rings. The lowest BCUT2D eigenvalue weighted by Crippen LogP contribution is -2.45. The molecular formula is C29H35N3O6S. The van der Waals surface area contributed by atoms with E-state index in [1.807, 2.05) is 40.6 Å². The number of carbonyl (C=O) groups is 2. The molecule has 2 aromatic carbocycles. The molecule has 0 unspecified atom stereocenters. The predicted molar refractivity (Wildman–Crippen MR) is 151 cm³/mol. The van der Waals surface area contributed by atoms with Crippen LogP contribution in [0, 0.1) is 0 Å². The summed E-state index contributed by atoms with van der Waals surface area (Å²) in [4.78, 5) is 31.5. The molecule has 3 amide bonds. The summed E-state index contributed by atoms with van der Waals surface area (Å²) in [5.41, 5.74) is 1.55. The Morgan fingerprint density at radius 1 is 0.923 bits per heavy atom. The molecule has 1 saturated carbocycles. The Morgan fingerprint density at radius 3 is 2.33 bits per heavy atom. The van der Waals surface area contributed by atoms with E-state index in [0.29, 0.717) is 48.2 Å². The summed E-state index contributed by atoms with van der Waals surface area (Å²) in [6, 6.07) is 14.7. The van der Waals surface area contributed by atoms with E-state index >= 15 is 0 Å². The Labute approximate surface area is 233 Å². The number of nitrogens with zero attached hydrogens (tertiary/aromatic N) is 2. The fourth-order valence-electron chi connectivity index (χ4n) is 4.27. The Balaban J connectivity index is 1.47. The van der Waals surface area contributed by atoms with Crippen LogP contribution in [0.4, 0.5) is 10.5 Å². The van der Waals surface area contributed by atoms with Crippen LogP contribution in [-0.4, -0.2) is 69.3 Å². The van der Waals surface area contributed by atoms with Crippen LogP contribution in [0.5, 0.6) is 23.0 Å². The molecule has 0 radical (unpaired) electrons. The van der Waals surface area contributed by atoms with Crippen molar-refractivity contribution >= 4 is 29.0 Å². The first-order chi connectivity index (χ1) is 18.9. The SMILES string of the molecule is COc1ccc(NC(=O)N(CC(=O)N(CCc2ccc(OC)c(OC)c2)Cc2cccs2)C2CC2)c(OC)c1. The average molecular weight is 554 g/mol. The van der Waals surface area contributed by atoms with Crippen molar-refractivity contribution in [3.8, 4) is 23.0 Å². The number of anilines is 1. The van der Waals surface area contributed by atoms with Gasteiger partial charge in [0.15, 0.2) is 11.5 Å². The molecule has 0 atom stereocenters. The number of hydrogen-bond donors (Lipinski definition) is 1. The minimum absolute atomic E-state index is 0.00766. The van der Waals surface area contributed by atoms with Crippen molar-refractivity contribution < 1.29 is 28.5 Å². The third kappa shape index (κ3) is 7.35. The van der Waals surface area contributed by atoms with Crippen molar-refractivity contribution in [2.24, 2.45) is 0 Å². The first-order valence-corrected chi connectivity index (χ1v) is 13.6. The third-order valence-electron chi connectivity index (χ3n) is 6.60. The topological polar surface area (TPSA) is 89.6 Å². The molecule has 1 heterocycles. The van der Waals surface area contributed by atoms with Gasteiger partial charge in [-0.1, -0.05) is 12.1 Å². The summed E-state index contributed by atoms with van der Waals surface area (Å²) in [6.45, 7) is 0.973. The number of rotatable bonds is 13. The molecule has 10 heteroatoms. The number of benzene rings is 2. The van der Waals surface area contributed by atoms with Gasteiger partial charge in [0.1, 0.15) is 18.0 Å². The van der Waals surface area contributed by atoms with Gasteiger partial charge in [-0.05, 0) is 60.5 Å². The predicted octanol–water partition coefficient (Wildman–Crippen LogP) is 5.05. The first-order valence-electron chi connectivity index (χ1n) is 12.8. The molecule has 208 valence electrons. The van der Waals surface area contributed by atoms with Crippen LogP contribution in [0.1, 0.15) is 23.3 Å². The minimum Gasteiger partial charge on any atom is -0.497 e. The van der Waals surface area contributed by atoms with E-state index in [9.17, 15) is 9.59 Å². The molecular weight excluding hydrogens is 518 g/mol. The summed E-state index contributed by atoms with van der Waals surface area (Å²) in [6.07, 6.45) is 2.38. The Bertz CT molecular complexity index is 1260. The van der Waals surface area contributed by atoms with Gasteiger partial charge in [0.25, 0.3) is 0 Å². The molecule has 1 N–H and O–H groups in total. The summed E-state index contributed by atoms with van der Waals surface area (Å²) < 4.78 is 21.5. The second kappa shape index (κ2) is 13.2. The highest BCUT2D eigenvalue weighted by Gasteiger charge is 2.35. The van der Waals surface area contributed by atoms with E-state index in [0.717, 1.165) is 23.3 Å². The van der Waals surface area contributed by atoms with Crippen molar-refractivity contribution in [3.05, 3.63) is 64.4 Å². The fourth-order valence-corrected chi connectivity index (χ4v) is 4.99. The molecule has 0 spiro atoms. The Morgan fingerprint density at radius 2 is 1.69 bits per heavy atom. The van der Waals surface area contributed by atoms with Gasteiger partial charge in [0.2, 0.25) is 5.91 Å². The molecule has 1 aromatic heterocycles. The van der Waals surface area contributed by atoms with E-state index in [1.165, 1.54) is 7.11 Å². The highest BCUT2D eigenvalue weighted by Crippen LogP contribution is 2.32. The molecule has 0 aliphatic heterocycles. The summed E-state index contributed by atoms with van der Waals surface area (Å²) in [5, 5.41) is 4.92. The number of carbonyl (C=O) groups excluding carboxylic acids is 2. The maximum Gasteiger partial charge on any atom is 0.322 e. The lowest BCUT2D eigenvalue weighted by atomic mass is 10.1. The number of nitrogens with one attached hydrogen (secondary N) is 1. The standard InChI is InChI=1S/C29H35N3O6S/c1-35-22-10-11-24(26(17-22)37-3)30-29(34)32(21-8-9-21)19-28(33)31(18-23-6-5-15-39-23)14-13-20-7-12-25(36-2)27(16-20)38-4/h5-7,10-12,15-17,21H,8-9,13-14,18-19H2,1-4H3,(H,30,34). The maximum absolute atomic E-state index is 13.6. The van der Waals surface area contributed by atoms with Crippen LogP contribution in [-0.2, 0) is 17.8 Å². The lowest BCUT2D eigenvalue weighted by molar-refractivity contribution is -0.132. The molecule has 0 saturated heterocycles. The monoisotopic (exact) mass is 553 g/mol. The summed E-state index contributed by atoms with van der Waals surface area (Å²) in [5.74, 6) is 2.31. The lowest BCUT2D eigenvalue weighted by Gasteiger charge is -2.28. The zero-order valence-electron chi connectivity index (χ0n) is 22.8. The van der Waals surface area contributed by atoms with Crippen LogP contribution in [0.3, 0.4) is 0 Å². The quantitative estimate of drug-likeness (QED) is 0.319. The molecule has 4 rings (SSSR count). The van der Waals surface area contributed by atoms with Crippen LogP contribution >= 0.6 is 11.3 Å². The molecule has 1 aliphatic carbocycles. The van der Waals surface area contributed by atoms with E-state index in [-0.39, 0.29) is 24.5 Å². The van der Waals surface area contributed by atoms with E-state index in [2.05, 4.69) is 5.32 Å². The van der Waals surface area contributed by atoms with Crippen molar-refractivity contribution in [2.75, 3.05) is 46.8 Å². The second-order valence-corrected chi connectivity index (χ2v) is 10.2. The van der Waals surface area contributed by atoms with Crippen molar-refractivity contribution in [3.63, 3.8) is 0 Å². The fraction of sp³-hybridized carbons (Fsp3) is 0.379. The third-order valence-corrected chi connectivity index (χ3v) is 7.46. The Hall–Kier alpha value is -3.92. The van der Waals surface area contributed by atoms with Crippen molar-refractivity contribution in [1.29, 1.82) is 0 Å². The minimum atomic E-state index is -0.328. The van der Waals surface area contributed by atoms with Gasteiger partial charge in [-0.3, -0.25) is 4.79 Å². The smallest absolute Gasteiger partial charge is 0.322 e. The van der Waals surface area contributed by atoms with E-state index in [1.54, 1.807) is 55.8 Å². The van der Waals surface area contributed by atoms with Crippen molar-refractivity contribution in [1.82, 2.24) is 9.80 Å². The van der Waals surface area contributed by atoms with E-state index < -0.39 is 0 Å². The number of methoxy groups -OCH3 is 4. The Kier molecular flexibility index (Phi) is 9.54. The van der Waals surface area contributed by atoms with Crippen LogP contribution < -0.4 is 24.3 Å². The van der Waals surface area contributed by atoms with Crippen LogP contribution in [0.2, 0.25) is 0 Å². The number of hydrogen-bond acceptors (Lipinski definition) is 7. The average Bonchev–Trinajstić information content (AvgIpc) is 3.67.